The van der Waals surface area contributed by atoms with E-state index in [1.54, 1.807) is 12.4 Å². The van der Waals surface area contributed by atoms with Gasteiger partial charge >= 0.3 is 0 Å². The van der Waals surface area contributed by atoms with E-state index < -0.39 is 0 Å². The molecule has 0 spiro atoms. The Morgan fingerprint density at radius 3 is 2.62 bits per heavy atom. The lowest BCUT2D eigenvalue weighted by molar-refractivity contribution is -0.132. The first kappa shape index (κ1) is 22.8. The van der Waals surface area contributed by atoms with Gasteiger partial charge in [0.25, 0.3) is 5.56 Å². The van der Waals surface area contributed by atoms with E-state index in [0.29, 0.717) is 24.1 Å². The van der Waals surface area contributed by atoms with Crippen LogP contribution in [0.4, 0.5) is 0 Å². The maximum atomic E-state index is 13.6. The molecule has 0 fully saturated rings. The molecule has 1 aliphatic rings. The van der Waals surface area contributed by atoms with Crippen molar-refractivity contribution < 1.29 is 4.79 Å². The molecule has 7 heteroatoms. The lowest BCUT2D eigenvalue weighted by atomic mass is 9.90. The summed E-state index contributed by atoms with van der Waals surface area (Å²) < 4.78 is 0. The number of aromatic amines is 1. The SMILES string of the molecule is CCC(=O)N1N=C(c2c(-c3ccccc3)c3cc(C)ccc3[nH]c2=O)C[C@@H]1c1cccc2nccnc12. The first-order valence-corrected chi connectivity index (χ1v) is 12.4. The van der Waals surface area contributed by atoms with Crippen LogP contribution in [0.3, 0.4) is 0 Å². The smallest absolute Gasteiger partial charge is 0.258 e. The summed E-state index contributed by atoms with van der Waals surface area (Å²) in [5.74, 6) is -0.116. The molecule has 5 aromatic rings. The van der Waals surface area contributed by atoms with E-state index in [-0.39, 0.29) is 17.5 Å². The van der Waals surface area contributed by atoms with Crippen molar-refractivity contribution in [1.29, 1.82) is 0 Å². The first-order valence-electron chi connectivity index (χ1n) is 12.4. The van der Waals surface area contributed by atoms with Crippen molar-refractivity contribution in [1.82, 2.24) is 20.0 Å². The van der Waals surface area contributed by atoms with E-state index in [2.05, 4.69) is 21.0 Å². The summed E-state index contributed by atoms with van der Waals surface area (Å²) in [6.07, 6.45) is 3.99. The number of rotatable bonds is 4. The van der Waals surface area contributed by atoms with Gasteiger partial charge in [0.2, 0.25) is 5.91 Å². The fraction of sp³-hybridized carbons (Fsp3) is 0.167. The summed E-state index contributed by atoms with van der Waals surface area (Å²) in [6.45, 7) is 3.85. The maximum absolute atomic E-state index is 13.6. The van der Waals surface area contributed by atoms with E-state index >= 15 is 0 Å². The number of nitrogens with zero attached hydrogens (tertiary/aromatic N) is 4. The fourth-order valence-corrected chi connectivity index (χ4v) is 5.17. The molecule has 6 rings (SSSR count). The van der Waals surface area contributed by atoms with Crippen molar-refractivity contribution in [2.24, 2.45) is 5.10 Å². The summed E-state index contributed by atoms with van der Waals surface area (Å²) in [4.78, 5) is 38.8. The zero-order valence-corrected chi connectivity index (χ0v) is 20.6. The van der Waals surface area contributed by atoms with Crippen molar-refractivity contribution in [3.05, 3.63) is 106 Å². The van der Waals surface area contributed by atoms with E-state index in [9.17, 15) is 9.59 Å². The minimum atomic E-state index is -0.390. The predicted octanol–water partition coefficient (Wildman–Crippen LogP) is 5.53. The molecule has 3 aromatic carbocycles. The number of hydrogen-bond donors (Lipinski definition) is 1. The first-order chi connectivity index (χ1) is 18.0. The second-order valence-electron chi connectivity index (χ2n) is 9.25. The van der Waals surface area contributed by atoms with Crippen LogP contribution in [0.1, 0.15) is 42.5 Å². The second-order valence-corrected chi connectivity index (χ2v) is 9.25. The number of hydrogen-bond acceptors (Lipinski definition) is 5. The van der Waals surface area contributed by atoms with Gasteiger partial charge < -0.3 is 4.98 Å². The number of amides is 1. The van der Waals surface area contributed by atoms with Crippen LogP contribution in [0.15, 0.2) is 89.0 Å². The number of benzene rings is 3. The third-order valence-corrected chi connectivity index (χ3v) is 6.88. The van der Waals surface area contributed by atoms with Gasteiger partial charge in [-0.05, 0) is 30.7 Å². The summed E-state index contributed by atoms with van der Waals surface area (Å²) in [5.41, 5.74) is 6.79. The van der Waals surface area contributed by atoms with Gasteiger partial charge in [0.15, 0.2) is 0 Å². The number of aromatic nitrogens is 3. The molecule has 2 aromatic heterocycles. The van der Waals surface area contributed by atoms with Gasteiger partial charge in [-0.1, -0.05) is 61.0 Å². The highest BCUT2D eigenvalue weighted by Gasteiger charge is 2.36. The van der Waals surface area contributed by atoms with E-state index in [0.717, 1.165) is 44.2 Å². The van der Waals surface area contributed by atoms with Crippen LogP contribution in [0.2, 0.25) is 0 Å². The summed E-state index contributed by atoms with van der Waals surface area (Å²) >= 11 is 0. The number of nitrogens with one attached hydrogen (secondary N) is 1. The fourth-order valence-electron chi connectivity index (χ4n) is 5.17. The molecule has 182 valence electrons. The molecule has 37 heavy (non-hydrogen) atoms. The molecular weight excluding hydrogens is 462 g/mol. The summed E-state index contributed by atoms with van der Waals surface area (Å²) in [6, 6.07) is 21.3. The molecule has 0 unspecified atom stereocenters. The van der Waals surface area contributed by atoms with Crippen LogP contribution in [0.5, 0.6) is 0 Å². The Kier molecular flexibility index (Phi) is 5.60. The zero-order valence-electron chi connectivity index (χ0n) is 20.6. The monoisotopic (exact) mass is 487 g/mol. The largest absolute Gasteiger partial charge is 0.321 e. The standard InChI is InChI=1S/C30H25N5O2/c1-3-26(36)35-25(20-10-7-11-23-29(20)32-15-14-31-23)17-24(34-35)28-27(19-8-5-4-6-9-19)21-16-18(2)12-13-22(21)33-30(28)37/h4-16,25H,3,17H2,1-2H3,(H,33,37)/t25-/m1/s1. The van der Waals surface area contributed by atoms with Crippen molar-refractivity contribution in [3.63, 3.8) is 0 Å². The normalized spacial score (nSPS) is 15.4. The lowest BCUT2D eigenvalue weighted by Crippen LogP contribution is -2.26. The highest BCUT2D eigenvalue weighted by atomic mass is 16.2. The predicted molar refractivity (Wildman–Crippen MR) is 145 cm³/mol. The molecule has 1 N–H and O–H groups in total. The second kappa shape index (κ2) is 9.09. The van der Waals surface area contributed by atoms with E-state index in [1.807, 2.05) is 74.5 Å². The number of carbonyl (C=O) groups is 1. The molecule has 1 aliphatic heterocycles. The molecule has 3 heterocycles. The van der Waals surface area contributed by atoms with Crippen LogP contribution in [0, 0.1) is 6.92 Å². The number of fused-ring (bicyclic) bond motifs is 2. The topological polar surface area (TPSA) is 91.3 Å². The zero-order chi connectivity index (χ0) is 25.5. The molecule has 0 radical (unpaired) electrons. The molecule has 0 aliphatic carbocycles. The molecule has 7 nitrogen and oxygen atoms in total. The van der Waals surface area contributed by atoms with Crippen LogP contribution in [0.25, 0.3) is 33.1 Å². The number of H-pyrrole nitrogens is 1. The molecule has 1 amide bonds. The Balaban J connectivity index is 1.59. The quantitative estimate of drug-likeness (QED) is 0.361. The van der Waals surface area contributed by atoms with Crippen LogP contribution < -0.4 is 5.56 Å². The van der Waals surface area contributed by atoms with Crippen molar-refractivity contribution in [3.8, 4) is 11.1 Å². The number of pyridine rings is 1. The Hall–Kier alpha value is -4.65. The Labute approximate surface area is 213 Å². The number of carbonyl (C=O) groups excluding carboxylic acids is 1. The van der Waals surface area contributed by atoms with E-state index in [1.165, 1.54) is 5.01 Å². The van der Waals surface area contributed by atoms with Crippen LogP contribution >= 0.6 is 0 Å². The van der Waals surface area contributed by atoms with Gasteiger partial charge in [-0.3, -0.25) is 19.6 Å². The Morgan fingerprint density at radius 1 is 1.00 bits per heavy atom. The molecule has 0 bridgehead atoms. The number of hydrazone groups is 1. The van der Waals surface area contributed by atoms with Gasteiger partial charge in [-0.2, -0.15) is 5.10 Å². The molecule has 1 atom stereocenters. The Bertz CT molecular complexity index is 1750. The highest BCUT2D eigenvalue weighted by Crippen LogP contribution is 2.38. The summed E-state index contributed by atoms with van der Waals surface area (Å²) in [7, 11) is 0. The number of aryl methyl sites for hydroxylation is 1. The molecular formula is C30H25N5O2. The maximum Gasteiger partial charge on any atom is 0.258 e. The average Bonchev–Trinajstić information content (AvgIpc) is 3.37. The van der Waals surface area contributed by atoms with Gasteiger partial charge in [0.1, 0.15) is 0 Å². The lowest BCUT2D eigenvalue weighted by Gasteiger charge is -2.22. The van der Waals surface area contributed by atoms with Crippen molar-refractivity contribution in [2.45, 2.75) is 32.7 Å². The van der Waals surface area contributed by atoms with Crippen LogP contribution in [-0.2, 0) is 4.79 Å². The third kappa shape index (κ3) is 3.89. The highest BCUT2D eigenvalue weighted by molar-refractivity contribution is 6.13. The van der Waals surface area contributed by atoms with Crippen molar-refractivity contribution in [2.75, 3.05) is 0 Å². The van der Waals surface area contributed by atoms with Crippen LogP contribution in [-0.4, -0.2) is 31.6 Å². The van der Waals surface area contributed by atoms with E-state index in [4.69, 9.17) is 5.10 Å². The van der Waals surface area contributed by atoms with Gasteiger partial charge in [-0.25, -0.2) is 5.01 Å². The average molecular weight is 488 g/mol. The third-order valence-electron chi connectivity index (χ3n) is 6.88. The Morgan fingerprint density at radius 2 is 1.81 bits per heavy atom. The minimum absolute atomic E-state index is 0.116. The van der Waals surface area contributed by atoms with Gasteiger partial charge in [-0.15, -0.1) is 0 Å². The molecule has 0 saturated carbocycles. The summed E-state index contributed by atoms with van der Waals surface area (Å²) in [5, 5.41) is 7.26. The number of para-hydroxylation sites is 1. The molecule has 0 saturated heterocycles. The minimum Gasteiger partial charge on any atom is -0.321 e. The van der Waals surface area contributed by atoms with Crippen molar-refractivity contribution >= 4 is 33.6 Å². The van der Waals surface area contributed by atoms with Gasteiger partial charge in [0.05, 0.1) is 28.4 Å². The van der Waals surface area contributed by atoms with Gasteiger partial charge in [0, 0.05) is 47.3 Å².